The van der Waals surface area contributed by atoms with E-state index in [1.807, 2.05) is 0 Å². The molecule has 0 atom stereocenters. The van der Waals surface area contributed by atoms with E-state index >= 15 is 0 Å². The minimum atomic E-state index is -3.14. The number of aromatic amines is 1. The van der Waals surface area contributed by atoms with E-state index in [-0.39, 0.29) is 6.04 Å². The number of imidazole rings is 1. The van der Waals surface area contributed by atoms with E-state index in [2.05, 4.69) is 24.8 Å². The van der Waals surface area contributed by atoms with Crippen LogP contribution in [0.15, 0.2) is 12.7 Å². The van der Waals surface area contributed by atoms with Gasteiger partial charge in [-0.1, -0.05) is 0 Å². The maximum Gasteiger partial charge on any atom is 0.211 e. The van der Waals surface area contributed by atoms with Crippen LogP contribution in [0.4, 0.5) is 5.82 Å². The van der Waals surface area contributed by atoms with Crippen LogP contribution in [-0.2, 0) is 10.0 Å². The molecule has 1 aliphatic rings. The fourth-order valence-electron chi connectivity index (χ4n) is 2.70. The average Bonchev–Trinajstić information content (AvgIpc) is 2.94. The van der Waals surface area contributed by atoms with Crippen LogP contribution in [0.2, 0.25) is 0 Å². The Morgan fingerprint density at radius 1 is 1.29 bits per heavy atom. The second-order valence-corrected chi connectivity index (χ2v) is 7.34. The van der Waals surface area contributed by atoms with Gasteiger partial charge in [0.1, 0.15) is 11.8 Å². The molecule has 0 unspecified atom stereocenters. The maximum absolute atomic E-state index is 11.6. The van der Waals surface area contributed by atoms with Gasteiger partial charge in [-0.25, -0.2) is 27.7 Å². The molecule has 9 heteroatoms. The Morgan fingerprint density at radius 3 is 2.67 bits per heavy atom. The number of fused-ring (bicyclic) bond motifs is 1. The summed E-state index contributed by atoms with van der Waals surface area (Å²) in [6.07, 6.45) is 5.92. The summed E-state index contributed by atoms with van der Waals surface area (Å²) >= 11 is 0. The molecule has 1 N–H and O–H groups in total. The van der Waals surface area contributed by atoms with Crippen LogP contribution in [0.1, 0.15) is 12.8 Å². The zero-order valence-electron chi connectivity index (χ0n) is 12.0. The quantitative estimate of drug-likeness (QED) is 0.871. The predicted octanol–water partition coefficient (Wildman–Crippen LogP) is 0.213. The average molecular weight is 310 g/mol. The van der Waals surface area contributed by atoms with E-state index in [0.29, 0.717) is 5.65 Å². The summed E-state index contributed by atoms with van der Waals surface area (Å²) in [5.74, 6) is 0.831. The second-order valence-electron chi connectivity index (χ2n) is 5.30. The molecule has 21 heavy (non-hydrogen) atoms. The third-order valence-electron chi connectivity index (χ3n) is 4.00. The number of sulfonamides is 1. The molecule has 0 aromatic carbocycles. The first-order valence-corrected chi connectivity index (χ1v) is 8.63. The maximum atomic E-state index is 11.6. The van der Waals surface area contributed by atoms with Crippen LogP contribution in [0.25, 0.3) is 11.2 Å². The Balaban J connectivity index is 1.76. The van der Waals surface area contributed by atoms with Crippen molar-refractivity contribution in [1.82, 2.24) is 24.2 Å². The van der Waals surface area contributed by atoms with Crippen molar-refractivity contribution in [3.05, 3.63) is 12.7 Å². The van der Waals surface area contributed by atoms with Gasteiger partial charge in [0.05, 0.1) is 12.6 Å². The van der Waals surface area contributed by atoms with Crippen molar-refractivity contribution in [3.63, 3.8) is 0 Å². The van der Waals surface area contributed by atoms with Gasteiger partial charge in [0.2, 0.25) is 10.0 Å². The molecule has 1 fully saturated rings. The van der Waals surface area contributed by atoms with Crippen molar-refractivity contribution in [3.8, 4) is 0 Å². The monoisotopic (exact) mass is 310 g/mol. The van der Waals surface area contributed by atoms with Crippen LogP contribution >= 0.6 is 0 Å². The summed E-state index contributed by atoms with van der Waals surface area (Å²) in [7, 11) is -1.49. The fourth-order valence-corrected chi connectivity index (χ4v) is 3.46. The van der Waals surface area contributed by atoms with Gasteiger partial charge in [-0.15, -0.1) is 0 Å². The highest BCUT2D eigenvalue weighted by Crippen LogP contribution is 2.25. The molecule has 0 radical (unpaired) electrons. The fraction of sp³-hybridized carbons (Fsp3) is 0.583. The number of piperidine rings is 1. The molecule has 8 nitrogen and oxygen atoms in total. The number of hydrogen-bond donors (Lipinski definition) is 1. The largest absolute Gasteiger partial charge is 0.355 e. The Labute approximate surface area is 123 Å². The summed E-state index contributed by atoms with van der Waals surface area (Å²) in [5.41, 5.74) is 1.47. The first kappa shape index (κ1) is 14.2. The molecule has 1 aliphatic heterocycles. The lowest BCUT2D eigenvalue weighted by Gasteiger charge is -2.36. The zero-order valence-corrected chi connectivity index (χ0v) is 12.8. The highest BCUT2D eigenvalue weighted by molar-refractivity contribution is 7.88. The van der Waals surface area contributed by atoms with Crippen LogP contribution < -0.4 is 4.90 Å². The highest BCUT2D eigenvalue weighted by atomic mass is 32.2. The second kappa shape index (κ2) is 5.23. The molecule has 0 bridgehead atoms. The van der Waals surface area contributed by atoms with Crippen molar-refractivity contribution in [2.75, 3.05) is 31.3 Å². The normalized spacial score (nSPS) is 17.8. The van der Waals surface area contributed by atoms with E-state index in [1.54, 1.807) is 13.4 Å². The molecule has 2 aromatic rings. The van der Waals surface area contributed by atoms with Gasteiger partial charge in [0.15, 0.2) is 11.5 Å². The predicted molar refractivity (Wildman–Crippen MR) is 79.5 cm³/mol. The SMILES string of the molecule is CN(C1CCN(c2ncnc3nc[nH]c23)CC1)S(C)(=O)=O. The van der Waals surface area contributed by atoms with Crippen molar-refractivity contribution >= 4 is 27.0 Å². The number of aromatic nitrogens is 4. The van der Waals surface area contributed by atoms with E-state index in [1.165, 1.54) is 16.9 Å². The molecule has 2 aromatic heterocycles. The van der Waals surface area contributed by atoms with Crippen molar-refractivity contribution in [2.24, 2.45) is 0 Å². The van der Waals surface area contributed by atoms with Gasteiger partial charge in [0.25, 0.3) is 0 Å². The van der Waals surface area contributed by atoms with Gasteiger partial charge in [-0.05, 0) is 12.8 Å². The minimum absolute atomic E-state index is 0.0512. The lowest BCUT2D eigenvalue weighted by atomic mass is 10.1. The lowest BCUT2D eigenvalue weighted by molar-refractivity contribution is 0.313. The number of anilines is 1. The zero-order chi connectivity index (χ0) is 15.0. The van der Waals surface area contributed by atoms with E-state index < -0.39 is 10.0 Å². The molecule has 0 saturated carbocycles. The Hall–Kier alpha value is -1.74. The van der Waals surface area contributed by atoms with Crippen LogP contribution in [0, 0.1) is 0 Å². The van der Waals surface area contributed by atoms with E-state index in [9.17, 15) is 8.42 Å². The third-order valence-corrected chi connectivity index (χ3v) is 5.35. The molecule has 3 rings (SSSR count). The van der Waals surface area contributed by atoms with Crippen molar-refractivity contribution < 1.29 is 8.42 Å². The van der Waals surface area contributed by atoms with E-state index in [4.69, 9.17) is 0 Å². The van der Waals surface area contributed by atoms with Gasteiger partial charge in [0, 0.05) is 26.2 Å². The van der Waals surface area contributed by atoms with Crippen LogP contribution in [-0.4, -0.2) is 65.1 Å². The molecule has 0 amide bonds. The molecule has 0 spiro atoms. The first-order valence-electron chi connectivity index (χ1n) is 6.79. The molecular weight excluding hydrogens is 292 g/mol. The highest BCUT2D eigenvalue weighted by Gasteiger charge is 2.28. The van der Waals surface area contributed by atoms with Gasteiger partial charge >= 0.3 is 0 Å². The van der Waals surface area contributed by atoms with Crippen LogP contribution in [0.5, 0.6) is 0 Å². The third kappa shape index (κ3) is 2.70. The Kier molecular flexibility index (Phi) is 3.54. The summed E-state index contributed by atoms with van der Waals surface area (Å²) < 4.78 is 24.7. The van der Waals surface area contributed by atoms with Crippen molar-refractivity contribution in [1.29, 1.82) is 0 Å². The van der Waals surface area contributed by atoms with Gasteiger partial charge in [-0.3, -0.25) is 0 Å². The smallest absolute Gasteiger partial charge is 0.211 e. The summed E-state index contributed by atoms with van der Waals surface area (Å²) in [6.45, 7) is 1.52. The number of nitrogens with zero attached hydrogens (tertiary/aromatic N) is 5. The Bertz CT molecular complexity index is 735. The molecule has 0 aliphatic carbocycles. The summed E-state index contributed by atoms with van der Waals surface area (Å²) in [6, 6.07) is 0.0512. The first-order chi connectivity index (χ1) is 9.97. The van der Waals surface area contributed by atoms with Crippen molar-refractivity contribution in [2.45, 2.75) is 18.9 Å². The topological polar surface area (TPSA) is 95.1 Å². The number of H-pyrrole nitrogens is 1. The number of rotatable bonds is 3. The molecule has 1 saturated heterocycles. The van der Waals surface area contributed by atoms with Crippen LogP contribution in [0.3, 0.4) is 0 Å². The lowest BCUT2D eigenvalue weighted by Crippen LogP contribution is -2.45. The standard InChI is InChI=1S/C12H18N6O2S/c1-17(21(2,19)20)9-3-5-18(6-4-9)12-10-11(14-7-13-10)15-8-16-12/h7-9H,3-6H2,1-2H3,(H,13,14,15,16). The minimum Gasteiger partial charge on any atom is -0.355 e. The summed E-state index contributed by atoms with van der Waals surface area (Å²) in [4.78, 5) is 17.8. The molecule has 3 heterocycles. The number of hydrogen-bond acceptors (Lipinski definition) is 6. The van der Waals surface area contributed by atoms with Gasteiger partial charge < -0.3 is 9.88 Å². The van der Waals surface area contributed by atoms with E-state index in [0.717, 1.165) is 37.3 Å². The Morgan fingerprint density at radius 2 is 2.00 bits per heavy atom. The number of nitrogens with one attached hydrogen (secondary N) is 1. The summed E-state index contributed by atoms with van der Waals surface area (Å²) in [5, 5.41) is 0. The van der Waals surface area contributed by atoms with Gasteiger partial charge in [-0.2, -0.15) is 0 Å². The molecule has 114 valence electrons. The molecular formula is C12H18N6O2S.